The molecule has 0 unspecified atom stereocenters. The van der Waals surface area contributed by atoms with Crippen LogP contribution in [-0.2, 0) is 18.5 Å². The van der Waals surface area contributed by atoms with Gasteiger partial charge in [-0.15, -0.1) is 0 Å². The Bertz CT molecular complexity index is 556. The quantitative estimate of drug-likeness (QED) is 0.524. The number of aromatic nitrogens is 1. The zero-order valence-electron chi connectivity index (χ0n) is 8.19. The van der Waals surface area contributed by atoms with E-state index in [9.17, 15) is 4.79 Å². The number of aldehydes is 1. The van der Waals surface area contributed by atoms with Gasteiger partial charge in [-0.2, -0.15) is 4.89 Å². The molecule has 0 amide bonds. The molecule has 0 atom stereocenters. The van der Waals surface area contributed by atoms with Gasteiger partial charge in [0.1, 0.15) is 6.61 Å². The number of carbonyl (C=O) groups excluding carboxylic acids is 1. The molecule has 0 aliphatic carbocycles. The van der Waals surface area contributed by atoms with E-state index in [1.54, 1.807) is 0 Å². The fraction of sp³-hybridized carbons (Fsp3) is 0.182. The van der Waals surface area contributed by atoms with Crippen LogP contribution in [0.25, 0.3) is 10.9 Å². The van der Waals surface area contributed by atoms with Gasteiger partial charge in [-0.05, 0) is 12.1 Å². The van der Waals surface area contributed by atoms with Crippen molar-refractivity contribution in [1.82, 2.24) is 4.57 Å². The third-order valence-electron chi connectivity index (χ3n) is 2.69. The van der Waals surface area contributed by atoms with Crippen molar-refractivity contribution < 1.29 is 14.6 Å². The second kappa shape index (κ2) is 2.84. The molecule has 0 radical (unpaired) electrons. The van der Waals surface area contributed by atoms with Gasteiger partial charge in [0, 0.05) is 35.3 Å². The maximum absolute atomic E-state index is 10.8. The summed E-state index contributed by atoms with van der Waals surface area (Å²) in [6.07, 6.45) is 2.66. The topological polar surface area (TPSA) is 40.5 Å². The van der Waals surface area contributed by atoms with Crippen molar-refractivity contribution in [2.75, 3.05) is 0 Å². The van der Waals surface area contributed by atoms with Crippen LogP contribution in [0.2, 0.25) is 0 Å². The lowest BCUT2D eigenvalue weighted by molar-refractivity contribution is -0.194. The molecule has 3 rings (SSSR count). The molecule has 0 spiro atoms. The van der Waals surface area contributed by atoms with Crippen LogP contribution < -0.4 is 4.89 Å². The summed E-state index contributed by atoms with van der Waals surface area (Å²) in [6.45, 7) is 0.465. The molecule has 0 bridgehead atoms. The lowest BCUT2D eigenvalue weighted by atomic mass is 10.1. The standard InChI is InChI=1S/C11H9NO3/c1-12-4-8(5-13)9-3-11-7(2-10(9)12)6-14-15-11/h2-5H,6H2,1H3. The molecular weight excluding hydrogens is 194 g/mol. The van der Waals surface area contributed by atoms with Gasteiger partial charge in [0.2, 0.25) is 0 Å². The summed E-state index contributed by atoms with van der Waals surface area (Å²) in [7, 11) is 1.92. The molecule has 1 aromatic carbocycles. The molecule has 1 aliphatic rings. The second-order valence-electron chi connectivity index (χ2n) is 3.64. The third-order valence-corrected chi connectivity index (χ3v) is 2.69. The highest BCUT2D eigenvalue weighted by Crippen LogP contribution is 2.32. The molecule has 0 saturated carbocycles. The van der Waals surface area contributed by atoms with Gasteiger partial charge in [-0.1, -0.05) is 0 Å². The normalized spacial score (nSPS) is 13.9. The highest BCUT2D eigenvalue weighted by Gasteiger charge is 2.17. The van der Waals surface area contributed by atoms with Crippen LogP contribution in [0.4, 0.5) is 0 Å². The summed E-state index contributed by atoms with van der Waals surface area (Å²) in [5.74, 6) is 0.705. The number of benzene rings is 1. The number of fused-ring (bicyclic) bond motifs is 2. The number of nitrogens with zero attached hydrogens (tertiary/aromatic N) is 1. The Morgan fingerprint density at radius 2 is 2.33 bits per heavy atom. The summed E-state index contributed by atoms with van der Waals surface area (Å²) in [5.41, 5.74) is 2.71. The van der Waals surface area contributed by atoms with Crippen LogP contribution in [0, 0.1) is 0 Å². The van der Waals surface area contributed by atoms with Gasteiger partial charge < -0.3 is 9.45 Å². The fourth-order valence-electron chi connectivity index (χ4n) is 1.92. The second-order valence-corrected chi connectivity index (χ2v) is 3.64. The summed E-state index contributed by atoms with van der Waals surface area (Å²) >= 11 is 0. The van der Waals surface area contributed by atoms with Crippen molar-refractivity contribution in [3.05, 3.63) is 29.5 Å². The zero-order valence-corrected chi connectivity index (χ0v) is 8.19. The van der Waals surface area contributed by atoms with E-state index in [0.29, 0.717) is 17.9 Å². The van der Waals surface area contributed by atoms with E-state index in [1.165, 1.54) is 0 Å². The van der Waals surface area contributed by atoms with Gasteiger partial charge in [0.25, 0.3) is 0 Å². The van der Waals surface area contributed by atoms with E-state index < -0.39 is 0 Å². The highest BCUT2D eigenvalue weighted by atomic mass is 17.2. The third kappa shape index (κ3) is 1.08. The Labute approximate surface area is 85.9 Å². The zero-order chi connectivity index (χ0) is 10.4. The Morgan fingerprint density at radius 3 is 3.13 bits per heavy atom. The Morgan fingerprint density at radius 1 is 1.47 bits per heavy atom. The summed E-state index contributed by atoms with van der Waals surface area (Å²) in [5, 5.41) is 0.900. The average Bonchev–Trinajstić information content (AvgIpc) is 2.81. The molecular formula is C11H9NO3. The van der Waals surface area contributed by atoms with Gasteiger partial charge in [-0.3, -0.25) is 4.79 Å². The van der Waals surface area contributed by atoms with Crippen LogP contribution in [0.15, 0.2) is 18.3 Å². The summed E-state index contributed by atoms with van der Waals surface area (Å²) in [6, 6.07) is 3.84. The first-order valence-electron chi connectivity index (χ1n) is 4.66. The molecule has 4 nitrogen and oxygen atoms in total. The van der Waals surface area contributed by atoms with Crippen LogP contribution in [0.5, 0.6) is 5.75 Å². The van der Waals surface area contributed by atoms with E-state index in [-0.39, 0.29) is 0 Å². The van der Waals surface area contributed by atoms with Crippen molar-refractivity contribution in [1.29, 1.82) is 0 Å². The maximum atomic E-state index is 10.8. The molecule has 0 N–H and O–H groups in total. The lowest BCUT2D eigenvalue weighted by Crippen LogP contribution is -1.85. The van der Waals surface area contributed by atoms with Crippen molar-refractivity contribution >= 4 is 17.2 Å². The predicted molar refractivity (Wildman–Crippen MR) is 53.7 cm³/mol. The van der Waals surface area contributed by atoms with Crippen LogP contribution in [0.3, 0.4) is 0 Å². The van der Waals surface area contributed by atoms with Gasteiger partial charge >= 0.3 is 0 Å². The molecule has 15 heavy (non-hydrogen) atoms. The smallest absolute Gasteiger partial charge is 0.171 e. The van der Waals surface area contributed by atoms with Gasteiger partial charge in [0.15, 0.2) is 12.0 Å². The van der Waals surface area contributed by atoms with Crippen LogP contribution in [0.1, 0.15) is 15.9 Å². The van der Waals surface area contributed by atoms with E-state index in [1.807, 2.05) is 29.9 Å². The van der Waals surface area contributed by atoms with E-state index >= 15 is 0 Å². The molecule has 1 aromatic heterocycles. The Balaban J connectivity index is 2.39. The lowest BCUT2D eigenvalue weighted by Gasteiger charge is -1.98. The molecule has 0 saturated heterocycles. The van der Waals surface area contributed by atoms with Gasteiger partial charge in [0.05, 0.1) is 0 Å². The van der Waals surface area contributed by atoms with Crippen molar-refractivity contribution in [2.45, 2.75) is 6.61 Å². The van der Waals surface area contributed by atoms with E-state index in [0.717, 1.165) is 22.8 Å². The predicted octanol–water partition coefficient (Wildman–Crippen LogP) is 1.81. The number of carbonyl (C=O) groups is 1. The SMILES string of the molecule is Cn1cc(C=O)c2cc3c(cc21)COO3. The number of hydrogen-bond donors (Lipinski definition) is 0. The number of aryl methyl sites for hydroxylation is 1. The van der Waals surface area contributed by atoms with Crippen molar-refractivity contribution in [3.8, 4) is 5.75 Å². The molecule has 76 valence electrons. The first-order valence-corrected chi connectivity index (χ1v) is 4.66. The average molecular weight is 203 g/mol. The largest absolute Gasteiger partial charge is 0.350 e. The number of hydrogen-bond acceptors (Lipinski definition) is 3. The van der Waals surface area contributed by atoms with Crippen LogP contribution >= 0.6 is 0 Å². The number of rotatable bonds is 1. The monoisotopic (exact) mass is 203 g/mol. The minimum atomic E-state index is 0.465. The first-order chi connectivity index (χ1) is 7.29. The van der Waals surface area contributed by atoms with E-state index in [2.05, 4.69) is 0 Å². The maximum Gasteiger partial charge on any atom is 0.171 e. The van der Waals surface area contributed by atoms with Crippen molar-refractivity contribution in [3.63, 3.8) is 0 Å². The van der Waals surface area contributed by atoms with Crippen molar-refractivity contribution in [2.24, 2.45) is 7.05 Å². The summed E-state index contributed by atoms with van der Waals surface area (Å²) < 4.78 is 1.93. The summed E-state index contributed by atoms with van der Waals surface area (Å²) in [4.78, 5) is 20.7. The van der Waals surface area contributed by atoms with Gasteiger partial charge in [-0.25, -0.2) is 0 Å². The molecule has 1 aliphatic heterocycles. The fourth-order valence-corrected chi connectivity index (χ4v) is 1.92. The Kier molecular flexibility index (Phi) is 1.61. The molecule has 0 fully saturated rings. The minimum absolute atomic E-state index is 0.465. The first kappa shape index (κ1) is 8.49. The minimum Gasteiger partial charge on any atom is -0.350 e. The molecule has 4 heteroatoms. The molecule has 2 heterocycles. The molecule has 2 aromatic rings. The van der Waals surface area contributed by atoms with Crippen LogP contribution in [-0.4, -0.2) is 10.9 Å². The van der Waals surface area contributed by atoms with E-state index in [4.69, 9.17) is 9.78 Å². The Hall–Kier alpha value is -1.81. The highest BCUT2D eigenvalue weighted by molar-refractivity contribution is 5.98.